The van der Waals surface area contributed by atoms with Gasteiger partial charge in [-0.2, -0.15) is 15.0 Å². The summed E-state index contributed by atoms with van der Waals surface area (Å²) in [4.78, 5) is 16.9. The Morgan fingerprint density at radius 3 is 2.00 bits per heavy atom. The molecule has 2 aromatic rings. The van der Waals surface area contributed by atoms with Gasteiger partial charge in [-0.3, -0.25) is 0 Å². The number of anilines is 2. The topological polar surface area (TPSA) is 104 Å². The SMILES string of the molecule is Cc1nc(C)c(-c2nc(N)nc(N)n2)s1. The summed E-state index contributed by atoms with van der Waals surface area (Å²) >= 11 is 1.51. The largest absolute Gasteiger partial charge is 0.368 e. The van der Waals surface area contributed by atoms with Crippen LogP contribution in [0.25, 0.3) is 10.7 Å². The van der Waals surface area contributed by atoms with Crippen LogP contribution >= 0.6 is 11.3 Å². The van der Waals surface area contributed by atoms with Gasteiger partial charge < -0.3 is 11.5 Å². The predicted molar refractivity (Wildman–Crippen MR) is 59.2 cm³/mol. The number of nitrogens with two attached hydrogens (primary N) is 2. The minimum Gasteiger partial charge on any atom is -0.368 e. The monoisotopic (exact) mass is 222 g/mol. The highest BCUT2D eigenvalue weighted by Crippen LogP contribution is 2.27. The third-order valence-electron chi connectivity index (χ3n) is 1.78. The Morgan fingerprint density at radius 2 is 1.53 bits per heavy atom. The van der Waals surface area contributed by atoms with Crippen molar-refractivity contribution in [3.63, 3.8) is 0 Å². The van der Waals surface area contributed by atoms with Gasteiger partial charge >= 0.3 is 0 Å². The van der Waals surface area contributed by atoms with Crippen LogP contribution in [0.4, 0.5) is 11.9 Å². The minimum atomic E-state index is 0.128. The highest BCUT2D eigenvalue weighted by atomic mass is 32.1. The van der Waals surface area contributed by atoms with Gasteiger partial charge in [0.25, 0.3) is 0 Å². The zero-order valence-corrected chi connectivity index (χ0v) is 9.17. The Labute approximate surface area is 90.4 Å². The Hall–Kier alpha value is -1.76. The van der Waals surface area contributed by atoms with Crippen LogP contribution in [0.15, 0.2) is 0 Å². The molecule has 0 aliphatic heterocycles. The van der Waals surface area contributed by atoms with E-state index < -0.39 is 0 Å². The summed E-state index contributed by atoms with van der Waals surface area (Å²) in [5.74, 6) is 0.744. The molecule has 0 fully saturated rings. The molecule has 0 saturated heterocycles. The maximum atomic E-state index is 5.50. The maximum absolute atomic E-state index is 5.50. The predicted octanol–water partition coefficient (Wildman–Crippen LogP) is 0.776. The Morgan fingerprint density at radius 1 is 0.933 bits per heavy atom. The van der Waals surface area contributed by atoms with Crippen LogP contribution < -0.4 is 11.5 Å². The lowest BCUT2D eigenvalue weighted by molar-refractivity contribution is 1.08. The van der Waals surface area contributed by atoms with Gasteiger partial charge in [-0.25, -0.2) is 4.98 Å². The van der Waals surface area contributed by atoms with Crippen LogP contribution in [0, 0.1) is 13.8 Å². The molecule has 0 saturated carbocycles. The third-order valence-corrected chi connectivity index (χ3v) is 2.85. The molecule has 0 radical (unpaired) electrons. The van der Waals surface area contributed by atoms with Crippen molar-refractivity contribution >= 4 is 23.2 Å². The van der Waals surface area contributed by atoms with Crippen LogP contribution in [0.2, 0.25) is 0 Å². The second-order valence-electron chi connectivity index (χ2n) is 3.02. The number of hydrogen-bond donors (Lipinski definition) is 2. The Bertz CT molecular complexity index is 486. The van der Waals surface area contributed by atoms with Crippen molar-refractivity contribution in [2.45, 2.75) is 13.8 Å². The van der Waals surface area contributed by atoms with E-state index in [4.69, 9.17) is 11.5 Å². The van der Waals surface area contributed by atoms with E-state index in [1.54, 1.807) is 0 Å². The average molecular weight is 222 g/mol. The van der Waals surface area contributed by atoms with Crippen LogP contribution in [0.3, 0.4) is 0 Å². The lowest BCUT2D eigenvalue weighted by Crippen LogP contribution is -2.04. The Kier molecular flexibility index (Phi) is 2.24. The number of nitrogens with zero attached hydrogens (tertiary/aromatic N) is 4. The van der Waals surface area contributed by atoms with Gasteiger partial charge in [0.1, 0.15) is 0 Å². The van der Waals surface area contributed by atoms with E-state index in [-0.39, 0.29) is 11.9 Å². The average Bonchev–Trinajstić information content (AvgIpc) is 2.43. The van der Waals surface area contributed by atoms with Crippen molar-refractivity contribution < 1.29 is 0 Å². The summed E-state index contributed by atoms with van der Waals surface area (Å²) in [7, 11) is 0. The summed E-state index contributed by atoms with van der Waals surface area (Å²) in [5, 5.41) is 0.958. The van der Waals surface area contributed by atoms with Gasteiger partial charge in [-0.15, -0.1) is 11.3 Å². The van der Waals surface area contributed by atoms with Crippen LogP contribution in [0.5, 0.6) is 0 Å². The molecule has 6 nitrogen and oxygen atoms in total. The molecule has 4 N–H and O–H groups in total. The summed E-state index contributed by atoms with van der Waals surface area (Å²) < 4.78 is 0. The first-order valence-electron chi connectivity index (χ1n) is 4.27. The fourth-order valence-electron chi connectivity index (χ4n) is 1.25. The van der Waals surface area contributed by atoms with Crippen molar-refractivity contribution in [1.82, 2.24) is 19.9 Å². The highest BCUT2D eigenvalue weighted by Gasteiger charge is 2.11. The quantitative estimate of drug-likeness (QED) is 0.738. The van der Waals surface area contributed by atoms with E-state index in [0.29, 0.717) is 5.82 Å². The number of nitrogen functional groups attached to an aromatic ring is 2. The number of hydrogen-bond acceptors (Lipinski definition) is 7. The number of aryl methyl sites for hydroxylation is 2. The fraction of sp³-hybridized carbons (Fsp3) is 0.250. The molecule has 0 atom stereocenters. The standard InChI is InChI=1S/C8H10N6S/c1-3-5(15-4(2)11-3)6-12-7(9)14-8(10)13-6/h1-2H3,(H4,9,10,12,13,14). The number of thiazole rings is 1. The number of aromatic nitrogens is 4. The van der Waals surface area contributed by atoms with Gasteiger partial charge in [0.15, 0.2) is 5.82 Å². The first kappa shape index (κ1) is 9.78. The van der Waals surface area contributed by atoms with E-state index >= 15 is 0 Å². The van der Waals surface area contributed by atoms with Gasteiger partial charge in [-0.05, 0) is 13.8 Å². The molecule has 0 spiro atoms. The molecule has 0 aliphatic carbocycles. The summed E-state index contributed by atoms with van der Waals surface area (Å²) in [5.41, 5.74) is 11.9. The number of rotatable bonds is 1. The van der Waals surface area contributed by atoms with Gasteiger partial charge in [0.05, 0.1) is 15.6 Å². The van der Waals surface area contributed by atoms with Crippen molar-refractivity contribution in [1.29, 1.82) is 0 Å². The van der Waals surface area contributed by atoms with Crippen molar-refractivity contribution in [3.05, 3.63) is 10.7 Å². The molecular weight excluding hydrogens is 212 g/mol. The second-order valence-corrected chi connectivity index (χ2v) is 4.23. The molecule has 7 heteroatoms. The van der Waals surface area contributed by atoms with E-state index in [9.17, 15) is 0 Å². The zero-order valence-electron chi connectivity index (χ0n) is 8.35. The summed E-state index contributed by atoms with van der Waals surface area (Å²) in [6.45, 7) is 3.82. The zero-order chi connectivity index (χ0) is 11.0. The fourth-order valence-corrected chi connectivity index (χ4v) is 2.10. The second kappa shape index (κ2) is 3.43. The van der Waals surface area contributed by atoms with Crippen molar-refractivity contribution in [2.24, 2.45) is 0 Å². The molecule has 0 unspecified atom stereocenters. The van der Waals surface area contributed by atoms with E-state index in [1.807, 2.05) is 13.8 Å². The normalized spacial score (nSPS) is 10.5. The molecule has 0 aromatic carbocycles. The molecule has 2 heterocycles. The first-order valence-corrected chi connectivity index (χ1v) is 5.09. The molecule has 0 aliphatic rings. The molecule has 2 aromatic heterocycles. The van der Waals surface area contributed by atoms with Gasteiger partial charge in [0.2, 0.25) is 11.9 Å². The van der Waals surface area contributed by atoms with Crippen molar-refractivity contribution in [2.75, 3.05) is 11.5 Å². The molecule has 78 valence electrons. The third kappa shape index (κ3) is 1.86. The molecule has 2 rings (SSSR count). The molecule has 15 heavy (non-hydrogen) atoms. The maximum Gasteiger partial charge on any atom is 0.225 e. The molecule has 0 bridgehead atoms. The first-order chi connectivity index (χ1) is 7.06. The van der Waals surface area contributed by atoms with Crippen LogP contribution in [-0.4, -0.2) is 19.9 Å². The van der Waals surface area contributed by atoms with Gasteiger partial charge in [-0.1, -0.05) is 0 Å². The molecule has 0 amide bonds. The molecular formula is C8H10N6S. The van der Waals surface area contributed by atoms with E-state index in [1.165, 1.54) is 11.3 Å². The minimum absolute atomic E-state index is 0.128. The van der Waals surface area contributed by atoms with Gasteiger partial charge in [0, 0.05) is 0 Å². The highest BCUT2D eigenvalue weighted by molar-refractivity contribution is 7.15. The Balaban J connectivity index is 2.58. The van der Waals surface area contributed by atoms with Crippen LogP contribution in [0.1, 0.15) is 10.7 Å². The summed E-state index contributed by atoms with van der Waals surface area (Å²) in [6.07, 6.45) is 0. The summed E-state index contributed by atoms with van der Waals surface area (Å²) in [6, 6.07) is 0. The smallest absolute Gasteiger partial charge is 0.225 e. The van der Waals surface area contributed by atoms with Crippen molar-refractivity contribution in [3.8, 4) is 10.7 Å². The van der Waals surface area contributed by atoms with Crippen LogP contribution in [-0.2, 0) is 0 Å². The van der Waals surface area contributed by atoms with E-state index in [0.717, 1.165) is 15.6 Å². The van der Waals surface area contributed by atoms with E-state index in [2.05, 4.69) is 19.9 Å². The lowest BCUT2D eigenvalue weighted by Gasteiger charge is -1.99. The lowest BCUT2D eigenvalue weighted by atomic mass is 10.4.